The van der Waals surface area contributed by atoms with E-state index in [-0.39, 0.29) is 16.7 Å². The van der Waals surface area contributed by atoms with Crippen LogP contribution in [0.1, 0.15) is 72.9 Å². The molecule has 38 heavy (non-hydrogen) atoms. The van der Waals surface area contributed by atoms with Crippen LogP contribution in [0.25, 0.3) is 10.8 Å². The largest absolute Gasteiger partial charge is 0.506 e. The molecule has 1 unspecified atom stereocenters. The minimum absolute atomic E-state index is 0.0819. The van der Waals surface area contributed by atoms with Gasteiger partial charge >= 0.3 is 0 Å². The van der Waals surface area contributed by atoms with Crippen molar-refractivity contribution in [3.05, 3.63) is 76.3 Å². The molecule has 0 radical (unpaired) electrons. The van der Waals surface area contributed by atoms with Crippen molar-refractivity contribution in [2.24, 2.45) is 11.0 Å². The highest BCUT2D eigenvalue weighted by molar-refractivity contribution is 6.32. The third-order valence-electron chi connectivity index (χ3n) is 8.03. The van der Waals surface area contributed by atoms with Gasteiger partial charge in [0.1, 0.15) is 5.75 Å². The van der Waals surface area contributed by atoms with Gasteiger partial charge < -0.3 is 10.0 Å². The monoisotopic (exact) mass is 531 g/mol. The summed E-state index contributed by atoms with van der Waals surface area (Å²) in [5, 5.41) is 15.8. The third kappa shape index (κ3) is 5.86. The number of hydrogen-bond acceptors (Lipinski definition) is 4. The average Bonchev–Trinajstić information content (AvgIpc) is 2.96. The van der Waals surface area contributed by atoms with E-state index in [0.717, 1.165) is 41.3 Å². The molecule has 5 rings (SSSR count). The number of halogens is 1. The van der Waals surface area contributed by atoms with Crippen LogP contribution in [0, 0.1) is 5.92 Å². The van der Waals surface area contributed by atoms with Crippen LogP contribution < -0.4 is 5.43 Å². The maximum Gasteiger partial charge on any atom is 0.271 e. The number of carbonyl (C=O) groups is 2. The zero-order chi connectivity index (χ0) is 26.5. The molecule has 1 saturated carbocycles. The van der Waals surface area contributed by atoms with Crippen molar-refractivity contribution in [1.82, 2.24) is 10.3 Å². The first-order valence-electron chi connectivity index (χ1n) is 13.6. The zero-order valence-corrected chi connectivity index (χ0v) is 22.3. The van der Waals surface area contributed by atoms with Gasteiger partial charge in [0, 0.05) is 23.7 Å². The first-order valence-corrected chi connectivity index (χ1v) is 14.0. The van der Waals surface area contributed by atoms with Crippen molar-refractivity contribution >= 4 is 40.4 Å². The van der Waals surface area contributed by atoms with E-state index in [4.69, 9.17) is 11.6 Å². The Morgan fingerprint density at radius 3 is 2.53 bits per heavy atom. The van der Waals surface area contributed by atoms with Crippen LogP contribution in [0.3, 0.4) is 0 Å². The Labute approximate surface area is 228 Å². The van der Waals surface area contributed by atoms with E-state index < -0.39 is 5.91 Å². The van der Waals surface area contributed by atoms with Crippen molar-refractivity contribution in [3.8, 4) is 5.75 Å². The fourth-order valence-electron chi connectivity index (χ4n) is 6.07. The lowest BCUT2D eigenvalue weighted by Crippen LogP contribution is -2.48. The Morgan fingerprint density at radius 1 is 0.974 bits per heavy atom. The molecule has 1 aliphatic heterocycles. The van der Waals surface area contributed by atoms with Gasteiger partial charge in [-0.1, -0.05) is 67.3 Å². The molecule has 1 atom stereocenters. The highest BCUT2D eigenvalue weighted by atomic mass is 35.5. The van der Waals surface area contributed by atoms with E-state index in [0.29, 0.717) is 23.9 Å². The first kappa shape index (κ1) is 26.2. The number of aromatic hydroxyl groups is 1. The normalized spacial score (nSPS) is 18.7. The number of nitrogens with zero attached hydrogens (tertiary/aromatic N) is 2. The molecule has 0 bridgehead atoms. The van der Waals surface area contributed by atoms with Gasteiger partial charge in [0.2, 0.25) is 5.91 Å². The Balaban J connectivity index is 1.31. The first-order chi connectivity index (χ1) is 18.5. The standard InChI is InChI=1S/C31H34ClN3O3/c32-27-18-23(15-16-29(27)36)31(38)34-33-20-24-14-13-22(25-10-4-5-11-26(24)25)19-30(37)35-17-7-6-12-28(35)21-8-2-1-3-9-21/h4-5,10-11,13-16,18,20-21,28,36H,1-3,6-9,12,17,19H2,(H,34,38). The number of carbonyl (C=O) groups excluding carboxylic acids is 2. The quantitative estimate of drug-likeness (QED) is 0.282. The molecular weight excluding hydrogens is 498 g/mol. The van der Waals surface area contributed by atoms with Gasteiger partial charge in [0.05, 0.1) is 17.7 Å². The number of amides is 2. The Hall–Kier alpha value is -3.38. The maximum absolute atomic E-state index is 13.6. The van der Waals surface area contributed by atoms with Gasteiger partial charge in [0.15, 0.2) is 0 Å². The van der Waals surface area contributed by atoms with E-state index in [2.05, 4.69) is 15.4 Å². The van der Waals surface area contributed by atoms with Gasteiger partial charge in [-0.2, -0.15) is 5.10 Å². The summed E-state index contributed by atoms with van der Waals surface area (Å²) in [5.74, 6) is 0.369. The van der Waals surface area contributed by atoms with Crippen molar-refractivity contribution in [2.75, 3.05) is 6.54 Å². The molecule has 2 fully saturated rings. The summed E-state index contributed by atoms with van der Waals surface area (Å²) in [6, 6.07) is 16.6. The minimum atomic E-state index is -0.427. The van der Waals surface area contributed by atoms with Crippen LogP contribution in [0.4, 0.5) is 0 Å². The number of fused-ring (bicyclic) bond motifs is 1. The van der Waals surface area contributed by atoms with Gasteiger partial charge in [-0.3, -0.25) is 9.59 Å². The van der Waals surface area contributed by atoms with Crippen LogP contribution in [0.5, 0.6) is 5.75 Å². The molecule has 6 nitrogen and oxygen atoms in total. The molecule has 2 N–H and O–H groups in total. The number of nitrogens with one attached hydrogen (secondary N) is 1. The number of benzene rings is 3. The molecule has 3 aromatic carbocycles. The van der Waals surface area contributed by atoms with Crippen molar-refractivity contribution < 1.29 is 14.7 Å². The fraction of sp³-hybridized carbons (Fsp3) is 0.387. The van der Waals surface area contributed by atoms with Crippen LogP contribution in [-0.4, -0.2) is 40.6 Å². The molecule has 1 heterocycles. The topological polar surface area (TPSA) is 82.0 Å². The molecule has 2 amide bonds. The predicted molar refractivity (Wildman–Crippen MR) is 152 cm³/mol. The van der Waals surface area contributed by atoms with E-state index in [9.17, 15) is 14.7 Å². The van der Waals surface area contributed by atoms with E-state index in [1.807, 2.05) is 36.4 Å². The number of likely N-dealkylation sites (tertiary alicyclic amines) is 1. The molecule has 1 aliphatic carbocycles. The third-order valence-corrected chi connectivity index (χ3v) is 8.34. The second-order valence-electron chi connectivity index (χ2n) is 10.4. The summed E-state index contributed by atoms with van der Waals surface area (Å²) in [7, 11) is 0. The number of phenols is 1. The van der Waals surface area contributed by atoms with Crippen molar-refractivity contribution in [3.63, 3.8) is 0 Å². The van der Waals surface area contributed by atoms with Crippen molar-refractivity contribution in [1.29, 1.82) is 0 Å². The van der Waals surface area contributed by atoms with Gasteiger partial charge in [-0.25, -0.2) is 5.43 Å². The summed E-state index contributed by atoms with van der Waals surface area (Å²) >= 11 is 5.91. The van der Waals surface area contributed by atoms with Crippen LogP contribution in [-0.2, 0) is 11.2 Å². The molecule has 0 spiro atoms. The molecule has 3 aromatic rings. The number of hydrazone groups is 1. The van der Waals surface area contributed by atoms with Crippen LogP contribution >= 0.6 is 11.6 Å². The Bertz CT molecular complexity index is 1350. The lowest BCUT2D eigenvalue weighted by atomic mass is 9.79. The van der Waals surface area contributed by atoms with Crippen molar-refractivity contribution in [2.45, 2.75) is 63.8 Å². The lowest BCUT2D eigenvalue weighted by Gasteiger charge is -2.42. The van der Waals surface area contributed by atoms with Gasteiger partial charge in [-0.05, 0) is 72.6 Å². The second-order valence-corrected chi connectivity index (χ2v) is 10.9. The fourth-order valence-corrected chi connectivity index (χ4v) is 6.25. The van der Waals surface area contributed by atoms with Crippen LogP contribution in [0.2, 0.25) is 5.02 Å². The summed E-state index contributed by atoms with van der Waals surface area (Å²) in [5.41, 5.74) is 4.67. The number of hydrogen-bond donors (Lipinski definition) is 2. The summed E-state index contributed by atoms with van der Waals surface area (Å²) in [6.07, 6.45) is 11.9. The molecule has 2 aliphatic rings. The number of rotatable bonds is 6. The van der Waals surface area contributed by atoms with Crippen LogP contribution in [0.15, 0.2) is 59.7 Å². The molecule has 198 valence electrons. The summed E-state index contributed by atoms with van der Waals surface area (Å²) in [6.45, 7) is 0.870. The number of piperidine rings is 1. The predicted octanol–water partition coefficient (Wildman–Crippen LogP) is 6.47. The maximum atomic E-state index is 13.6. The van der Waals surface area contributed by atoms with E-state index >= 15 is 0 Å². The minimum Gasteiger partial charge on any atom is -0.506 e. The Morgan fingerprint density at radius 2 is 1.74 bits per heavy atom. The van der Waals surface area contributed by atoms with Gasteiger partial charge in [0.25, 0.3) is 5.91 Å². The van der Waals surface area contributed by atoms with E-state index in [1.165, 1.54) is 56.7 Å². The van der Waals surface area contributed by atoms with E-state index in [1.54, 1.807) is 6.21 Å². The molecular formula is C31H34ClN3O3. The Kier molecular flexibility index (Phi) is 8.28. The number of phenolic OH excluding ortho intramolecular Hbond substituents is 1. The summed E-state index contributed by atoms with van der Waals surface area (Å²) < 4.78 is 0. The highest BCUT2D eigenvalue weighted by Gasteiger charge is 2.33. The summed E-state index contributed by atoms with van der Waals surface area (Å²) in [4.78, 5) is 28.2. The SMILES string of the molecule is O=C(NN=Cc1ccc(CC(=O)N2CCCCC2C2CCCCC2)c2ccccc12)c1ccc(O)c(Cl)c1. The lowest BCUT2D eigenvalue weighted by molar-refractivity contribution is -0.135. The smallest absolute Gasteiger partial charge is 0.271 e. The molecule has 7 heteroatoms. The molecule has 1 saturated heterocycles. The average molecular weight is 532 g/mol. The van der Waals surface area contributed by atoms with Gasteiger partial charge in [-0.15, -0.1) is 0 Å². The second kappa shape index (κ2) is 12.0. The molecule has 0 aromatic heterocycles. The highest BCUT2D eigenvalue weighted by Crippen LogP contribution is 2.34. The zero-order valence-electron chi connectivity index (χ0n) is 21.5.